The molecule has 0 spiro atoms. The first-order valence-corrected chi connectivity index (χ1v) is 3.75. The molecule has 2 bridgehead atoms. The predicted molar refractivity (Wildman–Crippen MR) is 34.5 cm³/mol. The Kier molecular flexibility index (Phi) is 1.44. The maximum atomic E-state index is 9.23. The highest BCUT2D eigenvalue weighted by Crippen LogP contribution is 2.38. The monoisotopic (exact) mass is 144 g/mol. The standard InChI is InChI=1S/C7H12O3/c8-3-4-1-7-5(9)2-6(4)10-7/h4-9H,1-3H2/t4?,5-,6?,7?/m1/s1. The van der Waals surface area contributed by atoms with Crippen LogP contribution in [0.25, 0.3) is 0 Å². The van der Waals surface area contributed by atoms with Crippen LogP contribution in [0.1, 0.15) is 12.8 Å². The highest BCUT2D eigenvalue weighted by molar-refractivity contribution is 4.94. The molecule has 3 unspecified atom stereocenters. The van der Waals surface area contributed by atoms with E-state index in [4.69, 9.17) is 9.84 Å². The van der Waals surface area contributed by atoms with Crippen molar-refractivity contribution < 1.29 is 14.9 Å². The molecule has 2 fully saturated rings. The van der Waals surface area contributed by atoms with Crippen LogP contribution in [0.5, 0.6) is 0 Å². The summed E-state index contributed by atoms with van der Waals surface area (Å²) in [5, 5.41) is 18.0. The molecule has 3 nitrogen and oxygen atoms in total. The van der Waals surface area contributed by atoms with E-state index in [1.807, 2.05) is 0 Å². The molecule has 2 aliphatic heterocycles. The number of ether oxygens (including phenoxy) is 1. The minimum atomic E-state index is -0.271. The lowest BCUT2D eigenvalue weighted by Crippen LogP contribution is -2.28. The van der Waals surface area contributed by atoms with E-state index in [-0.39, 0.29) is 30.8 Å². The minimum Gasteiger partial charge on any atom is -0.396 e. The molecule has 58 valence electrons. The smallest absolute Gasteiger partial charge is 0.0843 e. The van der Waals surface area contributed by atoms with Crippen LogP contribution in [0, 0.1) is 5.92 Å². The number of aliphatic hydroxyl groups excluding tert-OH is 2. The molecule has 4 atom stereocenters. The average molecular weight is 144 g/mol. The highest BCUT2D eigenvalue weighted by atomic mass is 16.5. The molecular formula is C7H12O3. The van der Waals surface area contributed by atoms with Crippen molar-refractivity contribution in [3.8, 4) is 0 Å². The maximum absolute atomic E-state index is 9.23. The van der Waals surface area contributed by atoms with Crippen LogP contribution in [0.4, 0.5) is 0 Å². The second-order valence-corrected chi connectivity index (χ2v) is 3.19. The van der Waals surface area contributed by atoms with Gasteiger partial charge in [-0.05, 0) is 6.42 Å². The minimum absolute atomic E-state index is 0.0159. The van der Waals surface area contributed by atoms with Gasteiger partial charge in [0.05, 0.1) is 18.3 Å². The Bertz CT molecular complexity index is 135. The van der Waals surface area contributed by atoms with Crippen molar-refractivity contribution in [2.45, 2.75) is 31.2 Å². The number of rotatable bonds is 1. The van der Waals surface area contributed by atoms with Gasteiger partial charge < -0.3 is 14.9 Å². The first kappa shape index (κ1) is 6.58. The summed E-state index contributed by atoms with van der Waals surface area (Å²) in [6.07, 6.45) is 1.43. The van der Waals surface area contributed by atoms with Crippen LogP contribution >= 0.6 is 0 Å². The van der Waals surface area contributed by atoms with Gasteiger partial charge in [-0.2, -0.15) is 0 Å². The Balaban J connectivity index is 2.02. The molecule has 0 aromatic heterocycles. The second kappa shape index (κ2) is 2.19. The van der Waals surface area contributed by atoms with Gasteiger partial charge in [0.25, 0.3) is 0 Å². The first-order chi connectivity index (χ1) is 4.81. The second-order valence-electron chi connectivity index (χ2n) is 3.19. The summed E-state index contributed by atoms with van der Waals surface area (Å²) in [5.41, 5.74) is 0. The highest BCUT2D eigenvalue weighted by Gasteiger charge is 2.45. The van der Waals surface area contributed by atoms with Crippen LogP contribution < -0.4 is 0 Å². The fourth-order valence-corrected chi connectivity index (χ4v) is 1.92. The van der Waals surface area contributed by atoms with Crippen LogP contribution in [0.2, 0.25) is 0 Å². The maximum Gasteiger partial charge on any atom is 0.0843 e. The lowest BCUT2D eigenvalue weighted by atomic mass is 9.88. The van der Waals surface area contributed by atoms with E-state index >= 15 is 0 Å². The Morgan fingerprint density at radius 2 is 2.10 bits per heavy atom. The van der Waals surface area contributed by atoms with Gasteiger partial charge in [0.15, 0.2) is 0 Å². The number of aliphatic hydroxyl groups is 2. The van der Waals surface area contributed by atoms with E-state index in [1.165, 1.54) is 0 Å². The summed E-state index contributed by atoms with van der Waals surface area (Å²) < 4.78 is 5.38. The van der Waals surface area contributed by atoms with Gasteiger partial charge in [-0.1, -0.05) is 0 Å². The molecule has 2 heterocycles. The molecule has 2 saturated heterocycles. The van der Waals surface area contributed by atoms with Crippen molar-refractivity contribution in [2.24, 2.45) is 5.92 Å². The van der Waals surface area contributed by atoms with E-state index in [0.717, 1.165) is 12.8 Å². The normalized spacial score (nSPS) is 52.2. The lowest BCUT2D eigenvalue weighted by Gasteiger charge is -2.18. The third-order valence-electron chi connectivity index (χ3n) is 2.55. The number of hydrogen-bond acceptors (Lipinski definition) is 3. The largest absolute Gasteiger partial charge is 0.396 e. The molecular weight excluding hydrogens is 132 g/mol. The molecule has 3 heteroatoms. The van der Waals surface area contributed by atoms with E-state index in [2.05, 4.69) is 0 Å². The van der Waals surface area contributed by atoms with Crippen molar-refractivity contribution >= 4 is 0 Å². The van der Waals surface area contributed by atoms with Crippen molar-refractivity contribution in [1.29, 1.82) is 0 Å². The van der Waals surface area contributed by atoms with Gasteiger partial charge >= 0.3 is 0 Å². The Morgan fingerprint density at radius 3 is 2.50 bits per heavy atom. The van der Waals surface area contributed by atoms with Gasteiger partial charge in [-0.15, -0.1) is 0 Å². The summed E-state index contributed by atoms with van der Waals surface area (Å²) in [7, 11) is 0. The Labute approximate surface area is 59.6 Å². The molecule has 0 radical (unpaired) electrons. The van der Waals surface area contributed by atoms with Gasteiger partial charge in [0.1, 0.15) is 0 Å². The number of fused-ring (bicyclic) bond motifs is 2. The van der Waals surface area contributed by atoms with Crippen LogP contribution in [-0.2, 0) is 4.74 Å². The summed E-state index contributed by atoms with van der Waals surface area (Å²) in [6, 6.07) is 0. The average Bonchev–Trinajstić information content (AvgIpc) is 2.44. The molecule has 10 heavy (non-hydrogen) atoms. The summed E-state index contributed by atoms with van der Waals surface area (Å²) in [4.78, 5) is 0. The summed E-state index contributed by atoms with van der Waals surface area (Å²) in [6.45, 7) is 0.202. The quantitative estimate of drug-likeness (QED) is 0.522. The third kappa shape index (κ3) is 0.779. The van der Waals surface area contributed by atoms with E-state index < -0.39 is 0 Å². The third-order valence-corrected chi connectivity index (χ3v) is 2.55. The molecule has 2 rings (SSSR count). The summed E-state index contributed by atoms with van der Waals surface area (Å²) >= 11 is 0. The van der Waals surface area contributed by atoms with E-state index in [0.29, 0.717) is 0 Å². The molecule has 0 amide bonds. The zero-order valence-electron chi connectivity index (χ0n) is 5.73. The van der Waals surface area contributed by atoms with Crippen LogP contribution in [0.15, 0.2) is 0 Å². The van der Waals surface area contributed by atoms with Crippen molar-refractivity contribution in [2.75, 3.05) is 6.61 Å². The lowest BCUT2D eigenvalue weighted by molar-refractivity contribution is 0.0517. The first-order valence-electron chi connectivity index (χ1n) is 3.75. The molecule has 2 aliphatic rings. The van der Waals surface area contributed by atoms with Crippen molar-refractivity contribution in [3.63, 3.8) is 0 Å². The molecule has 0 saturated carbocycles. The van der Waals surface area contributed by atoms with Crippen molar-refractivity contribution in [1.82, 2.24) is 0 Å². The van der Waals surface area contributed by atoms with E-state index in [9.17, 15) is 5.11 Å². The zero-order valence-corrected chi connectivity index (χ0v) is 5.73. The van der Waals surface area contributed by atoms with Crippen molar-refractivity contribution in [3.05, 3.63) is 0 Å². The van der Waals surface area contributed by atoms with Gasteiger partial charge in [-0.3, -0.25) is 0 Å². The fraction of sp³-hybridized carbons (Fsp3) is 1.00. The molecule has 0 aromatic carbocycles. The molecule has 0 aromatic rings. The molecule has 0 aliphatic carbocycles. The number of hydrogen-bond donors (Lipinski definition) is 2. The van der Waals surface area contributed by atoms with Gasteiger partial charge in [0, 0.05) is 18.9 Å². The van der Waals surface area contributed by atoms with Gasteiger partial charge in [0.2, 0.25) is 0 Å². The SMILES string of the molecule is OCC1CC2OC1C[C@H]2O. The zero-order chi connectivity index (χ0) is 7.14. The van der Waals surface area contributed by atoms with Crippen LogP contribution in [0.3, 0.4) is 0 Å². The Morgan fingerprint density at radius 1 is 1.30 bits per heavy atom. The van der Waals surface area contributed by atoms with Gasteiger partial charge in [-0.25, -0.2) is 0 Å². The Hall–Kier alpha value is -0.120. The topological polar surface area (TPSA) is 49.7 Å². The van der Waals surface area contributed by atoms with E-state index in [1.54, 1.807) is 0 Å². The molecule has 2 N–H and O–H groups in total. The van der Waals surface area contributed by atoms with Crippen LogP contribution in [-0.4, -0.2) is 35.1 Å². The predicted octanol–water partition coefficient (Wildman–Crippen LogP) is -0.483. The summed E-state index contributed by atoms with van der Waals surface area (Å²) in [5.74, 6) is 0.286. The fourth-order valence-electron chi connectivity index (χ4n) is 1.92.